The van der Waals surface area contributed by atoms with Gasteiger partial charge in [0.25, 0.3) is 0 Å². The molecule has 0 saturated carbocycles. The lowest BCUT2D eigenvalue weighted by Crippen LogP contribution is -2.40. The zero-order valence-corrected chi connectivity index (χ0v) is 15.7. The molecule has 0 aromatic heterocycles. The summed E-state index contributed by atoms with van der Waals surface area (Å²) in [6.45, 7) is 5.14. The first-order chi connectivity index (χ1) is 11.9. The summed E-state index contributed by atoms with van der Waals surface area (Å²) in [4.78, 5) is 11.8. The zero-order chi connectivity index (χ0) is 18.4. The maximum atomic E-state index is 12.9. The lowest BCUT2D eigenvalue weighted by Gasteiger charge is -2.30. The van der Waals surface area contributed by atoms with Crippen molar-refractivity contribution < 1.29 is 27.4 Å². The molecule has 7 nitrogen and oxygen atoms in total. The van der Waals surface area contributed by atoms with Gasteiger partial charge in [0, 0.05) is 19.2 Å². The number of sulfonamides is 1. The Hall–Kier alpha value is -1.80. The van der Waals surface area contributed by atoms with Gasteiger partial charge in [-0.1, -0.05) is 0 Å². The molecule has 0 bridgehead atoms. The molecule has 8 heteroatoms. The van der Waals surface area contributed by atoms with Crippen molar-refractivity contribution in [3.63, 3.8) is 0 Å². The van der Waals surface area contributed by atoms with Crippen LogP contribution in [-0.2, 0) is 19.6 Å². The van der Waals surface area contributed by atoms with Crippen molar-refractivity contribution in [3.05, 3.63) is 18.2 Å². The van der Waals surface area contributed by atoms with Gasteiger partial charge in [0.05, 0.1) is 31.1 Å². The quantitative estimate of drug-likeness (QED) is 0.683. The number of carbonyl (C=O) groups excluding carboxylic acids is 1. The number of piperidine rings is 1. The average molecular weight is 371 g/mol. The highest BCUT2D eigenvalue weighted by molar-refractivity contribution is 7.89. The van der Waals surface area contributed by atoms with Crippen LogP contribution in [0.5, 0.6) is 11.5 Å². The SMILES string of the molecule is CCOc1ccc(S(=O)(=O)N2CCC(C(=O)OC)CC2)cc1OCC. The number of ether oxygens (including phenoxy) is 3. The van der Waals surface area contributed by atoms with Crippen molar-refractivity contribution in [2.75, 3.05) is 33.4 Å². The predicted molar refractivity (Wildman–Crippen MR) is 92.3 cm³/mol. The second kappa shape index (κ2) is 8.53. The number of hydrogen-bond donors (Lipinski definition) is 0. The van der Waals surface area contributed by atoms with Crippen molar-refractivity contribution >= 4 is 16.0 Å². The van der Waals surface area contributed by atoms with Gasteiger partial charge >= 0.3 is 5.97 Å². The van der Waals surface area contributed by atoms with E-state index in [-0.39, 0.29) is 16.8 Å². The molecule has 1 aliphatic rings. The largest absolute Gasteiger partial charge is 0.490 e. The molecular weight excluding hydrogens is 346 g/mol. The van der Waals surface area contributed by atoms with E-state index in [1.807, 2.05) is 13.8 Å². The average Bonchev–Trinajstić information content (AvgIpc) is 2.63. The van der Waals surface area contributed by atoms with Gasteiger partial charge in [-0.05, 0) is 38.8 Å². The molecule has 2 rings (SSSR count). The van der Waals surface area contributed by atoms with E-state index in [0.29, 0.717) is 50.6 Å². The molecule has 1 fully saturated rings. The third-order valence-electron chi connectivity index (χ3n) is 4.14. The maximum absolute atomic E-state index is 12.9. The van der Waals surface area contributed by atoms with Crippen LogP contribution in [0.4, 0.5) is 0 Å². The molecule has 1 heterocycles. The molecule has 140 valence electrons. The minimum Gasteiger partial charge on any atom is -0.490 e. The van der Waals surface area contributed by atoms with Gasteiger partial charge in [-0.25, -0.2) is 8.42 Å². The number of nitrogens with zero attached hydrogens (tertiary/aromatic N) is 1. The molecular formula is C17H25NO6S. The molecule has 0 N–H and O–H groups in total. The molecule has 1 saturated heterocycles. The topological polar surface area (TPSA) is 82.1 Å². The van der Waals surface area contributed by atoms with E-state index in [1.54, 1.807) is 6.07 Å². The Kier molecular flexibility index (Phi) is 6.66. The van der Waals surface area contributed by atoms with Crippen LogP contribution in [0.2, 0.25) is 0 Å². The number of methoxy groups -OCH3 is 1. The van der Waals surface area contributed by atoms with Crippen LogP contribution in [0, 0.1) is 5.92 Å². The van der Waals surface area contributed by atoms with Crippen LogP contribution in [-0.4, -0.2) is 52.1 Å². The van der Waals surface area contributed by atoms with Gasteiger partial charge < -0.3 is 14.2 Å². The Morgan fingerprint density at radius 1 is 1.12 bits per heavy atom. The van der Waals surface area contributed by atoms with E-state index in [4.69, 9.17) is 14.2 Å². The monoisotopic (exact) mass is 371 g/mol. The molecule has 0 amide bonds. The summed E-state index contributed by atoms with van der Waals surface area (Å²) in [5, 5.41) is 0. The minimum atomic E-state index is -3.64. The highest BCUT2D eigenvalue weighted by Crippen LogP contribution is 2.32. The molecule has 0 spiro atoms. The van der Waals surface area contributed by atoms with Gasteiger partial charge in [0.15, 0.2) is 11.5 Å². The smallest absolute Gasteiger partial charge is 0.308 e. The molecule has 0 atom stereocenters. The fourth-order valence-corrected chi connectivity index (χ4v) is 4.33. The molecule has 25 heavy (non-hydrogen) atoms. The van der Waals surface area contributed by atoms with Gasteiger partial charge in [-0.3, -0.25) is 4.79 Å². The summed E-state index contributed by atoms with van der Waals surface area (Å²) in [5.41, 5.74) is 0. The van der Waals surface area contributed by atoms with Crippen molar-refractivity contribution in [1.29, 1.82) is 0 Å². The molecule has 0 unspecified atom stereocenters. The number of rotatable bonds is 7. The Bertz CT molecular complexity index is 695. The summed E-state index contributed by atoms with van der Waals surface area (Å²) in [6.07, 6.45) is 0.919. The number of benzene rings is 1. The normalized spacial score (nSPS) is 16.4. The molecule has 1 aromatic carbocycles. The van der Waals surface area contributed by atoms with E-state index in [0.717, 1.165) is 0 Å². The number of hydrogen-bond acceptors (Lipinski definition) is 6. The van der Waals surface area contributed by atoms with Crippen LogP contribution < -0.4 is 9.47 Å². The first-order valence-electron chi connectivity index (χ1n) is 8.41. The Morgan fingerprint density at radius 2 is 1.72 bits per heavy atom. The summed E-state index contributed by atoms with van der Waals surface area (Å²) in [6, 6.07) is 4.63. The van der Waals surface area contributed by atoms with Gasteiger partial charge in [0.1, 0.15) is 0 Å². The maximum Gasteiger partial charge on any atom is 0.308 e. The summed E-state index contributed by atoms with van der Waals surface area (Å²) >= 11 is 0. The number of carbonyl (C=O) groups is 1. The second-order valence-electron chi connectivity index (χ2n) is 5.68. The highest BCUT2D eigenvalue weighted by Gasteiger charge is 2.33. The molecule has 0 aliphatic carbocycles. The fraction of sp³-hybridized carbons (Fsp3) is 0.588. The molecule has 1 aromatic rings. The third kappa shape index (κ3) is 4.43. The lowest BCUT2D eigenvalue weighted by atomic mass is 9.99. The van der Waals surface area contributed by atoms with Crippen molar-refractivity contribution in [1.82, 2.24) is 4.31 Å². The third-order valence-corrected chi connectivity index (χ3v) is 6.04. The zero-order valence-electron chi connectivity index (χ0n) is 14.9. The lowest BCUT2D eigenvalue weighted by molar-refractivity contribution is -0.146. The molecule has 0 radical (unpaired) electrons. The van der Waals surface area contributed by atoms with E-state index < -0.39 is 10.0 Å². The van der Waals surface area contributed by atoms with Crippen molar-refractivity contribution in [3.8, 4) is 11.5 Å². The van der Waals surface area contributed by atoms with E-state index >= 15 is 0 Å². The van der Waals surface area contributed by atoms with Crippen LogP contribution in [0.1, 0.15) is 26.7 Å². The first-order valence-corrected chi connectivity index (χ1v) is 9.85. The fourth-order valence-electron chi connectivity index (χ4n) is 2.84. The van der Waals surface area contributed by atoms with Crippen LogP contribution in [0.3, 0.4) is 0 Å². The standard InChI is InChI=1S/C17H25NO6S/c1-4-23-15-7-6-14(12-16(15)24-5-2)25(20,21)18-10-8-13(9-11-18)17(19)22-3/h6-7,12-13H,4-5,8-11H2,1-3H3. The van der Waals surface area contributed by atoms with Gasteiger partial charge in [-0.15, -0.1) is 0 Å². The summed E-state index contributed by atoms with van der Waals surface area (Å²) < 4.78 is 42.9. The second-order valence-corrected chi connectivity index (χ2v) is 7.61. The number of esters is 1. The Balaban J connectivity index is 2.19. The van der Waals surface area contributed by atoms with Crippen molar-refractivity contribution in [2.45, 2.75) is 31.6 Å². The van der Waals surface area contributed by atoms with E-state index in [1.165, 1.54) is 23.5 Å². The van der Waals surface area contributed by atoms with Gasteiger partial charge in [-0.2, -0.15) is 4.31 Å². The van der Waals surface area contributed by atoms with Crippen molar-refractivity contribution in [2.24, 2.45) is 5.92 Å². The molecule has 1 aliphatic heterocycles. The highest BCUT2D eigenvalue weighted by atomic mass is 32.2. The van der Waals surface area contributed by atoms with E-state index in [9.17, 15) is 13.2 Å². The van der Waals surface area contributed by atoms with Gasteiger partial charge in [0.2, 0.25) is 10.0 Å². The summed E-state index contributed by atoms with van der Waals surface area (Å²) in [7, 11) is -2.30. The summed E-state index contributed by atoms with van der Waals surface area (Å²) in [5.74, 6) is 0.412. The predicted octanol–water partition coefficient (Wildman–Crippen LogP) is 2.06. The van der Waals surface area contributed by atoms with Crippen LogP contribution in [0.25, 0.3) is 0 Å². The Morgan fingerprint density at radius 3 is 2.28 bits per heavy atom. The van der Waals surface area contributed by atoms with Crippen LogP contribution in [0.15, 0.2) is 23.1 Å². The van der Waals surface area contributed by atoms with E-state index in [2.05, 4.69) is 0 Å². The van der Waals surface area contributed by atoms with Crippen LogP contribution >= 0.6 is 0 Å². The Labute approximate surface area is 148 Å². The minimum absolute atomic E-state index is 0.163. The first kappa shape index (κ1) is 19.5.